The molecule has 0 atom stereocenters. The number of hydrogen-bond acceptors (Lipinski definition) is 4. The van der Waals surface area contributed by atoms with Crippen LogP contribution in [0.25, 0.3) is 0 Å². The van der Waals surface area contributed by atoms with Crippen LogP contribution in [0.1, 0.15) is 23.2 Å². The van der Waals surface area contributed by atoms with Gasteiger partial charge in [-0.1, -0.05) is 0 Å². The summed E-state index contributed by atoms with van der Waals surface area (Å²) in [6.45, 7) is -1.43. The normalized spacial score (nSPS) is 17.0. The Bertz CT molecular complexity index is 769. The predicted octanol–water partition coefficient (Wildman–Crippen LogP) is 1.46. The van der Waals surface area contributed by atoms with Gasteiger partial charge in [-0.2, -0.15) is 17.5 Å². The summed E-state index contributed by atoms with van der Waals surface area (Å²) < 4.78 is 62.6. The van der Waals surface area contributed by atoms with Crippen LogP contribution in [0.2, 0.25) is 0 Å². The maximum Gasteiger partial charge on any atom is 0.405 e. The molecule has 7 nitrogen and oxygen atoms in total. The number of carboxylic acids is 1. The van der Waals surface area contributed by atoms with Crippen molar-refractivity contribution >= 4 is 21.9 Å². The molecule has 0 unspecified atom stereocenters. The number of halogens is 3. The Kier molecular flexibility index (Phi) is 5.91. The second-order valence-corrected chi connectivity index (χ2v) is 7.78. The van der Waals surface area contributed by atoms with Crippen LogP contribution in [0.3, 0.4) is 0 Å². The number of aromatic carboxylic acids is 1. The van der Waals surface area contributed by atoms with Crippen molar-refractivity contribution in [3.63, 3.8) is 0 Å². The van der Waals surface area contributed by atoms with E-state index in [1.54, 1.807) is 5.32 Å². The molecule has 1 aromatic rings. The molecule has 1 fully saturated rings. The minimum Gasteiger partial charge on any atom is -0.478 e. The molecular weight excluding hydrogens is 377 g/mol. The number of carbonyl (C=O) groups excluding carboxylic acids is 1. The summed E-state index contributed by atoms with van der Waals surface area (Å²) in [5, 5.41) is 10.6. The maximum atomic E-state index is 12.5. The van der Waals surface area contributed by atoms with E-state index >= 15 is 0 Å². The SMILES string of the molecule is O=C(O)c1ccc(S(=O)(=O)N2CCC(C(=O)NCC(F)(F)F)CC2)cc1. The third-order valence-electron chi connectivity index (χ3n) is 4.03. The van der Waals surface area contributed by atoms with Gasteiger partial charge in [0, 0.05) is 19.0 Å². The lowest BCUT2D eigenvalue weighted by atomic mass is 9.97. The van der Waals surface area contributed by atoms with Gasteiger partial charge >= 0.3 is 12.1 Å². The molecule has 0 saturated carbocycles. The Morgan fingerprint density at radius 1 is 1.15 bits per heavy atom. The van der Waals surface area contributed by atoms with E-state index < -0.39 is 40.5 Å². The molecule has 11 heteroatoms. The smallest absolute Gasteiger partial charge is 0.405 e. The van der Waals surface area contributed by atoms with Crippen LogP contribution in [0.15, 0.2) is 29.2 Å². The molecule has 1 heterocycles. The quantitative estimate of drug-likeness (QED) is 0.787. The molecule has 1 saturated heterocycles. The summed E-state index contributed by atoms with van der Waals surface area (Å²) in [6, 6.07) is 4.71. The second kappa shape index (κ2) is 7.62. The molecule has 2 N–H and O–H groups in total. The van der Waals surface area contributed by atoms with Crippen LogP contribution in [0.5, 0.6) is 0 Å². The lowest BCUT2D eigenvalue weighted by molar-refractivity contribution is -0.141. The van der Waals surface area contributed by atoms with Crippen molar-refractivity contribution in [1.29, 1.82) is 0 Å². The number of sulfonamides is 1. The van der Waals surface area contributed by atoms with Crippen LogP contribution >= 0.6 is 0 Å². The Morgan fingerprint density at radius 2 is 1.69 bits per heavy atom. The van der Waals surface area contributed by atoms with Crippen molar-refractivity contribution in [1.82, 2.24) is 9.62 Å². The molecule has 2 rings (SSSR count). The summed E-state index contributed by atoms with van der Waals surface area (Å²) in [5.74, 6) is -2.61. The molecule has 1 amide bonds. The van der Waals surface area contributed by atoms with Crippen molar-refractivity contribution in [2.24, 2.45) is 5.92 Å². The molecule has 1 aliphatic rings. The monoisotopic (exact) mass is 394 g/mol. The van der Waals surface area contributed by atoms with Crippen LogP contribution < -0.4 is 5.32 Å². The Hall–Kier alpha value is -2.14. The Morgan fingerprint density at radius 3 is 2.15 bits per heavy atom. The highest BCUT2D eigenvalue weighted by Gasteiger charge is 2.34. The fourth-order valence-electron chi connectivity index (χ4n) is 2.61. The minimum absolute atomic E-state index is 0.00683. The number of carbonyl (C=O) groups is 2. The molecule has 1 aliphatic heterocycles. The van der Waals surface area contributed by atoms with Crippen LogP contribution in [-0.4, -0.2) is 55.5 Å². The Labute approximate surface area is 147 Å². The van der Waals surface area contributed by atoms with Gasteiger partial charge in [-0.05, 0) is 37.1 Å². The highest BCUT2D eigenvalue weighted by Crippen LogP contribution is 2.24. The van der Waals surface area contributed by atoms with Gasteiger partial charge < -0.3 is 10.4 Å². The fourth-order valence-corrected chi connectivity index (χ4v) is 4.08. The van der Waals surface area contributed by atoms with E-state index in [1.807, 2.05) is 0 Å². The van der Waals surface area contributed by atoms with Gasteiger partial charge in [-0.25, -0.2) is 13.2 Å². The number of alkyl halides is 3. The number of rotatable bonds is 5. The van der Waals surface area contributed by atoms with Crippen molar-refractivity contribution in [3.8, 4) is 0 Å². The van der Waals surface area contributed by atoms with E-state index in [1.165, 1.54) is 24.3 Å². The molecule has 0 radical (unpaired) electrons. The van der Waals surface area contributed by atoms with Gasteiger partial charge in [0.1, 0.15) is 6.54 Å². The molecule has 0 bridgehead atoms. The van der Waals surface area contributed by atoms with Gasteiger partial charge in [-0.15, -0.1) is 0 Å². The lowest BCUT2D eigenvalue weighted by Gasteiger charge is -2.30. The largest absolute Gasteiger partial charge is 0.478 e. The first-order valence-corrected chi connectivity index (χ1v) is 9.12. The van der Waals surface area contributed by atoms with Crippen molar-refractivity contribution in [2.45, 2.75) is 23.9 Å². The number of nitrogens with one attached hydrogen (secondary N) is 1. The second-order valence-electron chi connectivity index (χ2n) is 5.84. The summed E-state index contributed by atoms with van der Waals surface area (Å²) in [5.41, 5.74) is -0.0519. The number of piperidine rings is 1. The number of carboxylic acid groups (broad SMARTS) is 1. The zero-order valence-corrected chi connectivity index (χ0v) is 14.3. The number of hydrogen-bond donors (Lipinski definition) is 2. The zero-order chi connectivity index (χ0) is 19.5. The highest BCUT2D eigenvalue weighted by atomic mass is 32.2. The third-order valence-corrected chi connectivity index (χ3v) is 5.94. The molecular formula is C15H17F3N2O5S. The molecule has 0 spiro atoms. The van der Waals surface area contributed by atoms with Gasteiger partial charge in [0.25, 0.3) is 0 Å². The van der Waals surface area contributed by atoms with E-state index in [2.05, 4.69) is 0 Å². The molecule has 144 valence electrons. The number of benzene rings is 1. The van der Waals surface area contributed by atoms with E-state index in [4.69, 9.17) is 5.11 Å². The van der Waals surface area contributed by atoms with E-state index in [-0.39, 0.29) is 36.4 Å². The van der Waals surface area contributed by atoms with E-state index in [0.29, 0.717) is 0 Å². The van der Waals surface area contributed by atoms with Crippen molar-refractivity contribution < 1.29 is 36.3 Å². The lowest BCUT2D eigenvalue weighted by Crippen LogP contribution is -2.44. The minimum atomic E-state index is -4.50. The first kappa shape index (κ1) is 20.2. The van der Waals surface area contributed by atoms with E-state index in [9.17, 15) is 31.2 Å². The van der Waals surface area contributed by atoms with Gasteiger partial charge in [0.15, 0.2) is 0 Å². The summed E-state index contributed by atoms with van der Waals surface area (Å²) in [4.78, 5) is 22.5. The number of amides is 1. The predicted molar refractivity (Wildman–Crippen MR) is 83.9 cm³/mol. The molecule has 0 aromatic heterocycles. The highest BCUT2D eigenvalue weighted by molar-refractivity contribution is 7.89. The first-order chi connectivity index (χ1) is 12.0. The first-order valence-electron chi connectivity index (χ1n) is 7.68. The molecule has 0 aliphatic carbocycles. The van der Waals surface area contributed by atoms with Crippen molar-refractivity contribution in [3.05, 3.63) is 29.8 Å². The topological polar surface area (TPSA) is 104 Å². The maximum absolute atomic E-state index is 12.5. The van der Waals surface area contributed by atoms with Crippen LogP contribution in [-0.2, 0) is 14.8 Å². The summed E-state index contributed by atoms with van der Waals surface area (Å²) in [7, 11) is -3.86. The zero-order valence-electron chi connectivity index (χ0n) is 13.5. The molecule has 26 heavy (non-hydrogen) atoms. The average molecular weight is 394 g/mol. The van der Waals surface area contributed by atoms with Gasteiger partial charge in [0.2, 0.25) is 15.9 Å². The third kappa shape index (κ3) is 4.94. The standard InChI is InChI=1S/C15H17F3N2O5S/c16-15(17,18)9-19-13(21)10-5-7-20(8-6-10)26(24,25)12-3-1-11(2-4-12)14(22)23/h1-4,10H,5-9H2,(H,19,21)(H,22,23). The fraction of sp³-hybridized carbons (Fsp3) is 0.467. The van der Waals surface area contributed by atoms with Gasteiger partial charge in [-0.3, -0.25) is 4.79 Å². The Balaban J connectivity index is 1.97. The van der Waals surface area contributed by atoms with Crippen LogP contribution in [0, 0.1) is 5.92 Å². The van der Waals surface area contributed by atoms with Crippen molar-refractivity contribution in [2.75, 3.05) is 19.6 Å². The molecule has 1 aromatic carbocycles. The summed E-state index contributed by atoms with van der Waals surface area (Å²) in [6.07, 6.45) is -4.28. The number of nitrogens with zero attached hydrogens (tertiary/aromatic N) is 1. The van der Waals surface area contributed by atoms with Crippen LogP contribution in [0.4, 0.5) is 13.2 Å². The van der Waals surface area contributed by atoms with Gasteiger partial charge in [0.05, 0.1) is 10.5 Å². The van der Waals surface area contributed by atoms with E-state index in [0.717, 1.165) is 4.31 Å². The summed E-state index contributed by atoms with van der Waals surface area (Å²) >= 11 is 0. The average Bonchev–Trinajstić information content (AvgIpc) is 2.59.